The molecule has 9 heteroatoms. The van der Waals surface area contributed by atoms with Gasteiger partial charge in [-0.25, -0.2) is 4.79 Å². The Morgan fingerprint density at radius 2 is 1.79 bits per heavy atom. The highest BCUT2D eigenvalue weighted by molar-refractivity contribution is 6.76. The highest BCUT2D eigenvalue weighted by Crippen LogP contribution is 2.28. The summed E-state index contributed by atoms with van der Waals surface area (Å²) in [4.78, 5) is 24.5. The predicted octanol–water partition coefficient (Wildman–Crippen LogP) is 3.97. The largest absolute Gasteiger partial charge is 0.497 e. The Bertz CT molecular complexity index is 673. The summed E-state index contributed by atoms with van der Waals surface area (Å²) in [7, 11) is 2.83. The number of esters is 1. The number of carbonyl (C=O) groups excluding carboxylic acids is 2. The zero-order valence-electron chi connectivity index (χ0n) is 16.0. The van der Waals surface area contributed by atoms with E-state index >= 15 is 0 Å². The fraction of sp³-hybridized carbons (Fsp3) is 0.474. The van der Waals surface area contributed by atoms with E-state index in [2.05, 4.69) is 5.32 Å². The molecule has 0 saturated carbocycles. The van der Waals surface area contributed by atoms with Gasteiger partial charge in [0.2, 0.25) is 0 Å². The molecule has 0 bridgehead atoms. The monoisotopic (exact) mass is 451 g/mol. The summed E-state index contributed by atoms with van der Waals surface area (Å²) in [6.07, 6.45) is 3.79. The number of allylic oxidation sites excluding steroid dienone is 1. The summed E-state index contributed by atoms with van der Waals surface area (Å²) < 4.78 is 13.4. The number of ether oxygens (including phenoxy) is 3. The van der Waals surface area contributed by atoms with Crippen LogP contribution in [0, 0.1) is 0 Å². The van der Waals surface area contributed by atoms with Crippen LogP contribution in [0.4, 0.5) is 0 Å². The second kappa shape index (κ2) is 11.5. The lowest BCUT2D eigenvalue weighted by molar-refractivity contribution is -0.149. The zero-order valence-corrected chi connectivity index (χ0v) is 18.2. The SMILES string of the molecule is C/C=C/[C@](CCCOCc1ccc(OC)cc1)(NC(=O)C(Cl)(Cl)Cl)C(=O)OC. The predicted molar refractivity (Wildman–Crippen MR) is 110 cm³/mol. The summed E-state index contributed by atoms with van der Waals surface area (Å²) >= 11 is 16.9. The van der Waals surface area contributed by atoms with Crippen molar-refractivity contribution in [1.29, 1.82) is 0 Å². The molecule has 1 N–H and O–H groups in total. The van der Waals surface area contributed by atoms with Gasteiger partial charge < -0.3 is 19.5 Å². The molecule has 1 aromatic rings. The van der Waals surface area contributed by atoms with Gasteiger partial charge in [0, 0.05) is 6.61 Å². The minimum Gasteiger partial charge on any atom is -0.497 e. The van der Waals surface area contributed by atoms with Gasteiger partial charge in [0.1, 0.15) is 5.75 Å². The Hall–Kier alpha value is -1.47. The molecule has 1 amide bonds. The lowest BCUT2D eigenvalue weighted by atomic mass is 9.92. The average molecular weight is 453 g/mol. The number of halogens is 3. The van der Waals surface area contributed by atoms with E-state index in [4.69, 9.17) is 49.0 Å². The average Bonchev–Trinajstić information content (AvgIpc) is 2.66. The van der Waals surface area contributed by atoms with Crippen LogP contribution >= 0.6 is 34.8 Å². The van der Waals surface area contributed by atoms with Crippen LogP contribution in [-0.2, 0) is 25.7 Å². The minimum absolute atomic E-state index is 0.207. The van der Waals surface area contributed by atoms with Crippen LogP contribution in [-0.4, -0.2) is 42.0 Å². The van der Waals surface area contributed by atoms with Crippen LogP contribution in [0.25, 0.3) is 0 Å². The second-order valence-electron chi connectivity index (χ2n) is 5.92. The Kier molecular flexibility index (Phi) is 10.1. The van der Waals surface area contributed by atoms with Gasteiger partial charge in [-0.1, -0.05) is 59.1 Å². The fourth-order valence-electron chi connectivity index (χ4n) is 2.51. The van der Waals surface area contributed by atoms with Crippen molar-refractivity contribution in [2.45, 2.75) is 35.7 Å². The van der Waals surface area contributed by atoms with E-state index < -0.39 is 21.2 Å². The van der Waals surface area contributed by atoms with Gasteiger partial charge in [-0.2, -0.15) is 0 Å². The van der Waals surface area contributed by atoms with Crippen molar-refractivity contribution in [3.63, 3.8) is 0 Å². The molecule has 0 aliphatic heterocycles. The van der Waals surface area contributed by atoms with E-state index in [9.17, 15) is 9.59 Å². The van der Waals surface area contributed by atoms with Gasteiger partial charge >= 0.3 is 5.97 Å². The number of amides is 1. The fourth-order valence-corrected chi connectivity index (χ4v) is 2.66. The molecule has 6 nitrogen and oxygen atoms in total. The van der Waals surface area contributed by atoms with Crippen molar-refractivity contribution in [2.75, 3.05) is 20.8 Å². The molecule has 1 aromatic carbocycles. The molecule has 0 radical (unpaired) electrons. The first-order chi connectivity index (χ1) is 13.2. The zero-order chi connectivity index (χ0) is 21.2. The van der Waals surface area contributed by atoms with Gasteiger partial charge in [0.15, 0.2) is 5.54 Å². The molecular formula is C19H24Cl3NO5. The first-order valence-corrected chi connectivity index (χ1v) is 9.64. The van der Waals surface area contributed by atoms with E-state index in [-0.39, 0.29) is 6.42 Å². The van der Waals surface area contributed by atoms with Crippen molar-refractivity contribution >= 4 is 46.7 Å². The van der Waals surface area contributed by atoms with Gasteiger partial charge in [0.25, 0.3) is 9.70 Å². The Balaban J connectivity index is 2.69. The summed E-state index contributed by atoms with van der Waals surface area (Å²) in [5.74, 6) is -0.814. The van der Waals surface area contributed by atoms with E-state index in [0.717, 1.165) is 11.3 Å². The number of hydrogen-bond acceptors (Lipinski definition) is 5. The third-order valence-corrected chi connectivity index (χ3v) is 4.40. The first kappa shape index (κ1) is 24.6. The molecule has 1 rings (SSSR count). The van der Waals surface area contributed by atoms with Crippen LogP contribution in [0.5, 0.6) is 5.75 Å². The molecule has 156 valence electrons. The van der Waals surface area contributed by atoms with Crippen molar-refractivity contribution < 1.29 is 23.8 Å². The summed E-state index contributed by atoms with van der Waals surface area (Å²) in [6, 6.07) is 7.50. The third kappa shape index (κ3) is 7.51. The smallest absolute Gasteiger partial charge is 0.335 e. The van der Waals surface area contributed by atoms with Crippen LogP contribution in [0.1, 0.15) is 25.3 Å². The highest BCUT2D eigenvalue weighted by Gasteiger charge is 2.43. The van der Waals surface area contributed by atoms with Gasteiger partial charge in [0.05, 0.1) is 20.8 Å². The summed E-state index contributed by atoms with van der Waals surface area (Å²) in [6.45, 7) is 2.46. The van der Waals surface area contributed by atoms with Crippen LogP contribution in [0.2, 0.25) is 0 Å². The van der Waals surface area contributed by atoms with E-state index in [1.807, 2.05) is 24.3 Å². The lowest BCUT2D eigenvalue weighted by Crippen LogP contribution is -2.56. The Morgan fingerprint density at radius 3 is 2.29 bits per heavy atom. The maximum atomic E-state index is 12.4. The molecule has 0 spiro atoms. The molecule has 1 atom stereocenters. The number of hydrogen-bond donors (Lipinski definition) is 1. The van der Waals surface area contributed by atoms with Crippen LogP contribution in [0.3, 0.4) is 0 Å². The third-order valence-electron chi connectivity index (χ3n) is 3.88. The van der Waals surface area contributed by atoms with Crippen molar-refractivity contribution in [1.82, 2.24) is 5.32 Å². The standard InChI is InChI=1S/C19H24Cl3NO5/c1-4-10-18(17(25)27-3,23-16(24)19(20,21)22)11-5-12-28-13-14-6-8-15(26-2)9-7-14/h4,6-10H,5,11-13H2,1-3H3,(H,23,24)/b10-4+/t18-/m1/s1. The maximum Gasteiger partial charge on any atom is 0.335 e. The van der Waals surface area contributed by atoms with Crippen molar-refractivity contribution in [3.05, 3.63) is 42.0 Å². The van der Waals surface area contributed by atoms with Gasteiger partial charge in [-0.05, 0) is 37.5 Å². The van der Waals surface area contributed by atoms with Crippen molar-refractivity contribution in [2.24, 2.45) is 0 Å². The number of nitrogens with one attached hydrogen (secondary N) is 1. The molecule has 0 aliphatic rings. The van der Waals surface area contributed by atoms with E-state index in [1.54, 1.807) is 20.1 Å². The lowest BCUT2D eigenvalue weighted by Gasteiger charge is -2.30. The number of carbonyl (C=O) groups is 2. The van der Waals surface area contributed by atoms with Crippen molar-refractivity contribution in [3.8, 4) is 5.75 Å². The van der Waals surface area contributed by atoms with Gasteiger partial charge in [-0.3, -0.25) is 4.79 Å². The van der Waals surface area contributed by atoms with Crippen LogP contribution in [0.15, 0.2) is 36.4 Å². The number of methoxy groups -OCH3 is 2. The first-order valence-electron chi connectivity index (χ1n) is 8.51. The molecule has 28 heavy (non-hydrogen) atoms. The van der Waals surface area contributed by atoms with E-state index in [1.165, 1.54) is 13.2 Å². The molecule has 0 fully saturated rings. The normalized spacial score (nSPS) is 13.8. The Morgan fingerprint density at radius 1 is 1.14 bits per heavy atom. The van der Waals surface area contributed by atoms with E-state index in [0.29, 0.717) is 19.6 Å². The molecule has 0 unspecified atom stereocenters. The summed E-state index contributed by atoms with van der Waals surface area (Å²) in [5.41, 5.74) is -0.466. The minimum atomic E-state index is -2.20. The molecule has 0 saturated heterocycles. The molecule has 0 aromatic heterocycles. The number of rotatable bonds is 10. The number of alkyl halides is 3. The van der Waals surface area contributed by atoms with Crippen LogP contribution < -0.4 is 10.1 Å². The molecular weight excluding hydrogens is 429 g/mol. The summed E-state index contributed by atoms with van der Waals surface area (Å²) in [5, 5.41) is 2.48. The topological polar surface area (TPSA) is 73.9 Å². The Labute approximate surface area is 180 Å². The van der Waals surface area contributed by atoms with Gasteiger partial charge in [-0.15, -0.1) is 0 Å². The quantitative estimate of drug-likeness (QED) is 0.252. The highest BCUT2D eigenvalue weighted by atomic mass is 35.6. The number of benzene rings is 1. The second-order valence-corrected chi connectivity index (χ2v) is 8.20. The molecule has 0 aliphatic carbocycles. The maximum absolute atomic E-state index is 12.4. The molecule has 0 heterocycles.